The van der Waals surface area contributed by atoms with Gasteiger partial charge in [0.15, 0.2) is 11.5 Å². The zero-order chi connectivity index (χ0) is 15.4. The van der Waals surface area contributed by atoms with Gasteiger partial charge < -0.3 is 14.6 Å². The molecule has 0 spiro atoms. The van der Waals surface area contributed by atoms with Crippen LogP contribution in [0.2, 0.25) is 5.02 Å². The van der Waals surface area contributed by atoms with Gasteiger partial charge in [-0.15, -0.1) is 0 Å². The molecule has 1 N–H and O–H groups in total. The Kier molecular flexibility index (Phi) is 5.04. The fourth-order valence-electron chi connectivity index (χ4n) is 2.11. The van der Waals surface area contributed by atoms with Crippen LogP contribution in [0.4, 0.5) is 4.39 Å². The van der Waals surface area contributed by atoms with Crippen molar-refractivity contribution in [3.05, 3.63) is 58.4 Å². The summed E-state index contributed by atoms with van der Waals surface area (Å²) in [6.07, 6.45) is -0.484. The van der Waals surface area contributed by atoms with Gasteiger partial charge in [0.25, 0.3) is 0 Å². The van der Waals surface area contributed by atoms with E-state index in [2.05, 4.69) is 0 Å². The molecular formula is C16H16ClFO3. The molecule has 0 amide bonds. The highest BCUT2D eigenvalue weighted by molar-refractivity contribution is 6.31. The van der Waals surface area contributed by atoms with E-state index in [1.54, 1.807) is 26.4 Å². The molecule has 1 unspecified atom stereocenters. The van der Waals surface area contributed by atoms with E-state index in [9.17, 15) is 9.50 Å². The molecule has 21 heavy (non-hydrogen) atoms. The highest BCUT2D eigenvalue weighted by Crippen LogP contribution is 2.31. The van der Waals surface area contributed by atoms with Crippen molar-refractivity contribution in [3.63, 3.8) is 0 Å². The van der Waals surface area contributed by atoms with Crippen LogP contribution in [0.25, 0.3) is 0 Å². The second kappa shape index (κ2) is 6.78. The van der Waals surface area contributed by atoms with Gasteiger partial charge in [0.1, 0.15) is 5.82 Å². The van der Waals surface area contributed by atoms with Gasteiger partial charge in [-0.25, -0.2) is 4.39 Å². The summed E-state index contributed by atoms with van der Waals surface area (Å²) in [6, 6.07) is 9.35. The lowest BCUT2D eigenvalue weighted by atomic mass is 10.0. The zero-order valence-corrected chi connectivity index (χ0v) is 12.5. The first-order valence-electron chi connectivity index (χ1n) is 6.39. The fraction of sp³-hybridized carbons (Fsp3) is 0.250. The minimum Gasteiger partial charge on any atom is -0.493 e. The van der Waals surface area contributed by atoms with Crippen molar-refractivity contribution >= 4 is 11.6 Å². The Morgan fingerprint density at radius 2 is 1.81 bits per heavy atom. The summed E-state index contributed by atoms with van der Waals surface area (Å²) < 4.78 is 23.4. The van der Waals surface area contributed by atoms with Crippen molar-refractivity contribution < 1.29 is 19.0 Å². The van der Waals surface area contributed by atoms with Gasteiger partial charge in [-0.3, -0.25) is 0 Å². The van der Waals surface area contributed by atoms with Crippen LogP contribution in [-0.4, -0.2) is 19.3 Å². The molecule has 1 atom stereocenters. The Bertz CT molecular complexity index is 631. The average molecular weight is 311 g/mol. The molecule has 0 aliphatic carbocycles. The zero-order valence-electron chi connectivity index (χ0n) is 11.8. The molecule has 0 saturated heterocycles. The van der Waals surface area contributed by atoms with E-state index in [0.29, 0.717) is 23.5 Å². The molecular weight excluding hydrogens is 295 g/mol. The first-order valence-corrected chi connectivity index (χ1v) is 6.77. The lowest BCUT2D eigenvalue weighted by Crippen LogP contribution is -2.03. The molecule has 2 aromatic carbocycles. The number of halogens is 2. The van der Waals surface area contributed by atoms with Crippen LogP contribution >= 0.6 is 11.6 Å². The summed E-state index contributed by atoms with van der Waals surface area (Å²) in [7, 11) is 3.11. The van der Waals surface area contributed by atoms with Crippen molar-refractivity contribution in [2.75, 3.05) is 14.2 Å². The molecule has 0 radical (unpaired) electrons. The molecule has 112 valence electrons. The quantitative estimate of drug-likeness (QED) is 0.913. The van der Waals surface area contributed by atoms with E-state index in [0.717, 1.165) is 5.56 Å². The third-order valence-corrected chi connectivity index (χ3v) is 3.53. The third-order valence-electron chi connectivity index (χ3n) is 3.20. The first kappa shape index (κ1) is 15.6. The van der Waals surface area contributed by atoms with Gasteiger partial charge >= 0.3 is 0 Å². The van der Waals surface area contributed by atoms with Crippen molar-refractivity contribution in [2.45, 2.75) is 12.5 Å². The normalized spacial score (nSPS) is 12.0. The van der Waals surface area contributed by atoms with Gasteiger partial charge in [0, 0.05) is 11.4 Å². The van der Waals surface area contributed by atoms with Gasteiger partial charge in [-0.2, -0.15) is 0 Å². The first-order chi connectivity index (χ1) is 10.0. The van der Waals surface area contributed by atoms with Gasteiger partial charge in [-0.1, -0.05) is 23.7 Å². The van der Waals surface area contributed by atoms with E-state index in [-0.39, 0.29) is 5.02 Å². The number of benzene rings is 2. The Labute approximate surface area is 127 Å². The SMILES string of the molecule is COc1ccc(CC(O)c2ccc(F)cc2Cl)cc1OC. The van der Waals surface area contributed by atoms with Gasteiger partial charge in [0.2, 0.25) is 0 Å². The van der Waals surface area contributed by atoms with E-state index in [1.165, 1.54) is 18.2 Å². The minimum absolute atomic E-state index is 0.211. The van der Waals surface area contributed by atoms with Crippen LogP contribution in [0.15, 0.2) is 36.4 Å². The average Bonchev–Trinajstić information content (AvgIpc) is 2.46. The van der Waals surface area contributed by atoms with Crippen LogP contribution in [0.1, 0.15) is 17.2 Å². The van der Waals surface area contributed by atoms with Crippen LogP contribution < -0.4 is 9.47 Å². The molecule has 0 aliphatic rings. The monoisotopic (exact) mass is 310 g/mol. The van der Waals surface area contributed by atoms with E-state index >= 15 is 0 Å². The molecule has 2 aromatic rings. The van der Waals surface area contributed by atoms with Crippen molar-refractivity contribution in [3.8, 4) is 11.5 Å². The number of rotatable bonds is 5. The number of aliphatic hydroxyl groups excluding tert-OH is 1. The van der Waals surface area contributed by atoms with E-state index in [4.69, 9.17) is 21.1 Å². The van der Waals surface area contributed by atoms with E-state index in [1.807, 2.05) is 6.07 Å². The summed E-state index contributed by atoms with van der Waals surface area (Å²) in [6.45, 7) is 0. The second-order valence-electron chi connectivity index (χ2n) is 4.58. The molecule has 2 rings (SSSR count). The highest BCUT2D eigenvalue weighted by atomic mass is 35.5. The van der Waals surface area contributed by atoms with E-state index < -0.39 is 11.9 Å². The Hall–Kier alpha value is -1.78. The van der Waals surface area contributed by atoms with Crippen LogP contribution in [0.3, 0.4) is 0 Å². The predicted molar refractivity (Wildman–Crippen MR) is 79.6 cm³/mol. The smallest absolute Gasteiger partial charge is 0.160 e. The topological polar surface area (TPSA) is 38.7 Å². The van der Waals surface area contributed by atoms with Crippen LogP contribution in [0.5, 0.6) is 11.5 Å². The predicted octanol–water partition coefficient (Wildman–Crippen LogP) is 3.77. The van der Waals surface area contributed by atoms with Crippen molar-refractivity contribution in [1.82, 2.24) is 0 Å². The largest absolute Gasteiger partial charge is 0.493 e. The third kappa shape index (κ3) is 3.65. The second-order valence-corrected chi connectivity index (χ2v) is 4.98. The number of ether oxygens (including phenoxy) is 2. The molecule has 5 heteroatoms. The Morgan fingerprint density at radius 3 is 2.43 bits per heavy atom. The van der Waals surface area contributed by atoms with Gasteiger partial charge in [0.05, 0.1) is 20.3 Å². The fourth-order valence-corrected chi connectivity index (χ4v) is 2.41. The molecule has 0 fully saturated rings. The molecule has 0 aromatic heterocycles. The van der Waals surface area contributed by atoms with Crippen LogP contribution in [-0.2, 0) is 6.42 Å². The molecule has 0 saturated carbocycles. The number of hydrogen-bond acceptors (Lipinski definition) is 3. The summed E-state index contributed by atoms with van der Waals surface area (Å²) >= 11 is 5.95. The minimum atomic E-state index is -0.823. The molecule has 0 aliphatic heterocycles. The number of hydrogen-bond donors (Lipinski definition) is 1. The Balaban J connectivity index is 2.21. The summed E-state index contributed by atoms with van der Waals surface area (Å²) in [5.41, 5.74) is 1.35. The lowest BCUT2D eigenvalue weighted by molar-refractivity contribution is 0.178. The summed E-state index contributed by atoms with van der Waals surface area (Å²) in [4.78, 5) is 0. The van der Waals surface area contributed by atoms with Crippen LogP contribution in [0, 0.1) is 5.82 Å². The maximum atomic E-state index is 13.0. The summed E-state index contributed by atoms with van der Waals surface area (Å²) in [5, 5.41) is 10.5. The van der Waals surface area contributed by atoms with Crippen molar-refractivity contribution in [2.24, 2.45) is 0 Å². The highest BCUT2D eigenvalue weighted by Gasteiger charge is 2.14. The standard InChI is InChI=1S/C16H16ClFO3/c1-20-15-6-3-10(8-16(15)21-2)7-14(19)12-5-4-11(18)9-13(12)17/h3-6,8-9,14,19H,7H2,1-2H3. The number of aliphatic hydroxyl groups is 1. The molecule has 0 heterocycles. The summed E-state index contributed by atoms with van der Waals surface area (Å²) in [5.74, 6) is 0.782. The maximum absolute atomic E-state index is 13.0. The Morgan fingerprint density at radius 1 is 1.10 bits per heavy atom. The molecule has 3 nitrogen and oxygen atoms in total. The lowest BCUT2D eigenvalue weighted by Gasteiger charge is -2.14. The van der Waals surface area contributed by atoms with Crippen molar-refractivity contribution in [1.29, 1.82) is 0 Å². The maximum Gasteiger partial charge on any atom is 0.160 e. The molecule has 0 bridgehead atoms. The van der Waals surface area contributed by atoms with Gasteiger partial charge in [-0.05, 0) is 35.4 Å². The number of methoxy groups -OCH3 is 2.